The van der Waals surface area contributed by atoms with Crippen LogP contribution in [0.4, 0.5) is 0 Å². The molecule has 116 valence electrons. The minimum absolute atomic E-state index is 0.461. The van der Waals surface area contributed by atoms with Crippen LogP contribution in [0.25, 0.3) is 0 Å². The lowest BCUT2D eigenvalue weighted by Gasteiger charge is -2.41. The maximum atomic E-state index is 6.01. The van der Waals surface area contributed by atoms with Gasteiger partial charge in [0.1, 0.15) is 0 Å². The van der Waals surface area contributed by atoms with Crippen molar-refractivity contribution in [1.82, 2.24) is 9.80 Å². The van der Waals surface area contributed by atoms with Gasteiger partial charge in [0.05, 0.1) is 12.2 Å². The van der Waals surface area contributed by atoms with Gasteiger partial charge >= 0.3 is 0 Å². The number of rotatable bonds is 6. The first-order chi connectivity index (χ1) is 9.72. The number of likely N-dealkylation sites (tertiary alicyclic amines) is 2. The van der Waals surface area contributed by atoms with E-state index >= 15 is 0 Å². The van der Waals surface area contributed by atoms with Gasteiger partial charge in [0.15, 0.2) is 0 Å². The zero-order valence-electron chi connectivity index (χ0n) is 13.1. The summed E-state index contributed by atoms with van der Waals surface area (Å²) in [6, 6.07) is 0. The normalized spacial score (nSPS) is 33.9. The first kappa shape index (κ1) is 14.8. The van der Waals surface area contributed by atoms with Gasteiger partial charge in [-0.25, -0.2) is 0 Å². The van der Waals surface area contributed by atoms with E-state index in [9.17, 15) is 0 Å². The molecule has 2 heterocycles. The Balaban J connectivity index is 1.25. The van der Waals surface area contributed by atoms with Crippen LogP contribution in [0.5, 0.6) is 0 Å². The number of methoxy groups -OCH3 is 1. The summed E-state index contributed by atoms with van der Waals surface area (Å²) in [5, 5.41) is 0. The van der Waals surface area contributed by atoms with Crippen LogP contribution in [0.1, 0.15) is 25.7 Å². The fourth-order valence-electron chi connectivity index (χ4n) is 3.76. The quantitative estimate of drug-likeness (QED) is 0.736. The molecule has 0 amide bonds. The predicted molar refractivity (Wildman–Crippen MR) is 79.9 cm³/mol. The van der Waals surface area contributed by atoms with Gasteiger partial charge in [0.25, 0.3) is 0 Å². The van der Waals surface area contributed by atoms with E-state index in [1.807, 2.05) is 0 Å². The molecule has 1 saturated carbocycles. The van der Waals surface area contributed by atoms with Gasteiger partial charge in [0, 0.05) is 33.4 Å². The molecule has 0 N–H and O–H groups in total. The summed E-state index contributed by atoms with van der Waals surface area (Å²) < 4.78 is 11.3. The van der Waals surface area contributed by atoms with E-state index in [1.54, 1.807) is 7.11 Å². The van der Waals surface area contributed by atoms with Gasteiger partial charge in [-0.1, -0.05) is 0 Å². The number of hydrogen-bond acceptors (Lipinski definition) is 4. The van der Waals surface area contributed by atoms with E-state index in [0.29, 0.717) is 12.2 Å². The molecule has 3 aliphatic rings. The second kappa shape index (κ2) is 6.73. The topological polar surface area (TPSA) is 24.9 Å². The minimum atomic E-state index is 0.461. The summed E-state index contributed by atoms with van der Waals surface area (Å²) >= 11 is 0. The van der Waals surface area contributed by atoms with Crippen molar-refractivity contribution in [2.24, 2.45) is 11.8 Å². The molecule has 0 bridgehead atoms. The molecule has 0 aromatic rings. The maximum absolute atomic E-state index is 6.01. The van der Waals surface area contributed by atoms with Crippen LogP contribution in [0.15, 0.2) is 0 Å². The van der Waals surface area contributed by atoms with Crippen molar-refractivity contribution in [3.8, 4) is 0 Å². The first-order valence-electron chi connectivity index (χ1n) is 8.28. The average Bonchev–Trinajstić information content (AvgIpc) is 2.37. The summed E-state index contributed by atoms with van der Waals surface area (Å²) in [7, 11) is 4.02. The van der Waals surface area contributed by atoms with Crippen LogP contribution in [0.2, 0.25) is 0 Å². The van der Waals surface area contributed by atoms with Crippen molar-refractivity contribution in [3.05, 3.63) is 0 Å². The monoisotopic (exact) mass is 282 g/mol. The summed E-state index contributed by atoms with van der Waals surface area (Å²) in [6.07, 6.45) is 5.78. The SMILES string of the molecule is COC1CC(OCC2CCN(CC3CN(C)C3)CC2)C1. The van der Waals surface area contributed by atoms with Crippen molar-refractivity contribution in [2.45, 2.75) is 37.9 Å². The van der Waals surface area contributed by atoms with Crippen molar-refractivity contribution in [2.75, 3.05) is 53.5 Å². The molecular weight excluding hydrogens is 252 g/mol. The Kier molecular flexibility index (Phi) is 4.97. The highest BCUT2D eigenvalue weighted by Gasteiger charge is 2.31. The highest BCUT2D eigenvalue weighted by atomic mass is 16.5. The fourth-order valence-corrected chi connectivity index (χ4v) is 3.76. The lowest BCUT2D eigenvalue weighted by molar-refractivity contribution is -0.0981. The summed E-state index contributed by atoms with van der Waals surface area (Å²) in [5.41, 5.74) is 0. The molecule has 0 atom stereocenters. The molecule has 0 unspecified atom stereocenters. The Hall–Kier alpha value is -0.160. The van der Waals surface area contributed by atoms with Gasteiger partial charge < -0.3 is 19.3 Å². The van der Waals surface area contributed by atoms with E-state index in [0.717, 1.165) is 31.3 Å². The number of piperidine rings is 1. The Morgan fingerprint density at radius 3 is 2.30 bits per heavy atom. The maximum Gasteiger partial charge on any atom is 0.0624 e. The van der Waals surface area contributed by atoms with Gasteiger partial charge in [-0.2, -0.15) is 0 Å². The zero-order valence-corrected chi connectivity index (χ0v) is 13.1. The second-order valence-corrected chi connectivity index (χ2v) is 7.12. The summed E-state index contributed by atoms with van der Waals surface area (Å²) in [6.45, 7) is 7.44. The summed E-state index contributed by atoms with van der Waals surface area (Å²) in [4.78, 5) is 5.08. The number of ether oxygens (including phenoxy) is 2. The van der Waals surface area contributed by atoms with Crippen LogP contribution < -0.4 is 0 Å². The molecule has 0 aromatic heterocycles. The Morgan fingerprint density at radius 2 is 1.70 bits per heavy atom. The highest BCUT2D eigenvalue weighted by Crippen LogP contribution is 2.28. The Labute approximate surface area is 123 Å². The number of hydrogen-bond donors (Lipinski definition) is 0. The molecule has 1 aliphatic carbocycles. The van der Waals surface area contributed by atoms with E-state index in [2.05, 4.69) is 16.8 Å². The van der Waals surface area contributed by atoms with Crippen molar-refractivity contribution in [3.63, 3.8) is 0 Å². The van der Waals surface area contributed by atoms with Crippen LogP contribution in [0.3, 0.4) is 0 Å². The third kappa shape index (κ3) is 3.73. The third-order valence-corrected chi connectivity index (χ3v) is 5.32. The molecule has 0 spiro atoms. The molecular formula is C16H30N2O2. The van der Waals surface area contributed by atoms with Crippen LogP contribution in [-0.4, -0.2) is 75.5 Å². The Bertz CT molecular complexity index is 293. The van der Waals surface area contributed by atoms with Crippen molar-refractivity contribution in [1.29, 1.82) is 0 Å². The van der Waals surface area contributed by atoms with Crippen molar-refractivity contribution >= 4 is 0 Å². The van der Waals surface area contributed by atoms with Crippen LogP contribution in [-0.2, 0) is 9.47 Å². The van der Waals surface area contributed by atoms with Gasteiger partial charge in [-0.05, 0) is 57.7 Å². The molecule has 2 saturated heterocycles. The largest absolute Gasteiger partial charge is 0.381 e. The standard InChI is InChI=1S/C16H30N2O2/c1-17-9-14(10-17)11-18-5-3-13(4-6-18)12-20-16-7-15(8-16)19-2/h13-16H,3-12H2,1-2H3. The van der Waals surface area contributed by atoms with E-state index in [1.165, 1.54) is 45.6 Å². The molecule has 20 heavy (non-hydrogen) atoms. The van der Waals surface area contributed by atoms with Crippen molar-refractivity contribution < 1.29 is 9.47 Å². The number of nitrogens with zero attached hydrogens (tertiary/aromatic N) is 2. The van der Waals surface area contributed by atoms with E-state index < -0.39 is 0 Å². The molecule has 3 fully saturated rings. The zero-order chi connectivity index (χ0) is 13.9. The molecule has 0 aromatic carbocycles. The van der Waals surface area contributed by atoms with Gasteiger partial charge in [-0.15, -0.1) is 0 Å². The second-order valence-electron chi connectivity index (χ2n) is 7.12. The summed E-state index contributed by atoms with van der Waals surface area (Å²) in [5.74, 6) is 1.71. The lowest BCUT2D eigenvalue weighted by atomic mass is 9.91. The predicted octanol–water partition coefficient (Wildman–Crippen LogP) is 1.45. The Morgan fingerprint density at radius 1 is 1.00 bits per heavy atom. The molecule has 4 heteroatoms. The van der Waals surface area contributed by atoms with E-state index in [-0.39, 0.29) is 0 Å². The lowest BCUT2D eigenvalue weighted by Crippen LogP contribution is -2.50. The van der Waals surface area contributed by atoms with Crippen LogP contribution in [0, 0.1) is 11.8 Å². The van der Waals surface area contributed by atoms with Crippen LogP contribution >= 0.6 is 0 Å². The first-order valence-corrected chi connectivity index (χ1v) is 8.28. The van der Waals surface area contributed by atoms with Gasteiger partial charge in [0.2, 0.25) is 0 Å². The molecule has 4 nitrogen and oxygen atoms in total. The average molecular weight is 282 g/mol. The molecule has 2 aliphatic heterocycles. The molecule has 3 rings (SSSR count). The van der Waals surface area contributed by atoms with Gasteiger partial charge in [-0.3, -0.25) is 0 Å². The van der Waals surface area contributed by atoms with E-state index in [4.69, 9.17) is 9.47 Å². The highest BCUT2D eigenvalue weighted by molar-refractivity contribution is 4.83. The molecule has 0 radical (unpaired) electrons. The minimum Gasteiger partial charge on any atom is -0.381 e. The third-order valence-electron chi connectivity index (χ3n) is 5.32. The smallest absolute Gasteiger partial charge is 0.0624 e. The fraction of sp³-hybridized carbons (Fsp3) is 1.00.